The topological polar surface area (TPSA) is 59.0 Å². The van der Waals surface area contributed by atoms with Gasteiger partial charge in [0.05, 0.1) is 13.2 Å². The Morgan fingerprint density at radius 1 is 1.42 bits per heavy atom. The van der Waals surface area contributed by atoms with Crippen LogP contribution in [0.3, 0.4) is 0 Å². The Morgan fingerprint density at radius 2 is 2.11 bits per heavy atom. The fraction of sp³-hybridized carbons (Fsp3) is 0.308. The van der Waals surface area contributed by atoms with E-state index in [1.807, 2.05) is 0 Å². The van der Waals surface area contributed by atoms with E-state index in [2.05, 4.69) is 5.10 Å². The highest BCUT2D eigenvalue weighted by atomic mass is 19.1. The van der Waals surface area contributed by atoms with Crippen LogP contribution in [0.25, 0.3) is 0 Å². The smallest absolute Gasteiger partial charge is 0.324 e. The Balaban J connectivity index is 2.01. The molecule has 0 aromatic heterocycles. The minimum absolute atomic E-state index is 0.200. The molecule has 1 aromatic rings. The van der Waals surface area contributed by atoms with E-state index in [4.69, 9.17) is 4.74 Å². The molecule has 1 aliphatic rings. The maximum Gasteiger partial charge on any atom is 0.324 e. The summed E-state index contributed by atoms with van der Waals surface area (Å²) in [7, 11) is 0. The van der Waals surface area contributed by atoms with Gasteiger partial charge < -0.3 is 4.74 Å². The number of ether oxygens (including phenoxy) is 1. The molecule has 1 amide bonds. The number of halogens is 1. The molecule has 0 bridgehead atoms. The highest BCUT2D eigenvalue weighted by Crippen LogP contribution is 2.15. The van der Waals surface area contributed by atoms with Crippen molar-refractivity contribution in [2.75, 3.05) is 6.61 Å². The van der Waals surface area contributed by atoms with Crippen molar-refractivity contribution < 1.29 is 18.7 Å². The zero-order valence-corrected chi connectivity index (χ0v) is 10.4. The lowest BCUT2D eigenvalue weighted by molar-refractivity contribution is -0.151. The molecule has 100 valence electrons. The van der Waals surface area contributed by atoms with Crippen LogP contribution in [0, 0.1) is 11.7 Å². The quantitative estimate of drug-likeness (QED) is 0.609. The van der Waals surface area contributed by atoms with Gasteiger partial charge in [0.25, 0.3) is 5.91 Å². The molecule has 19 heavy (non-hydrogen) atoms. The first-order valence-electron chi connectivity index (χ1n) is 5.88. The summed E-state index contributed by atoms with van der Waals surface area (Å²) in [6, 6.07) is 5.75. The number of hydrogen-bond acceptors (Lipinski definition) is 4. The molecule has 0 spiro atoms. The van der Waals surface area contributed by atoms with E-state index < -0.39 is 17.8 Å². The zero-order chi connectivity index (χ0) is 13.8. The van der Waals surface area contributed by atoms with Gasteiger partial charge in [-0.3, -0.25) is 9.59 Å². The molecule has 0 N–H and O–H groups in total. The summed E-state index contributed by atoms with van der Waals surface area (Å²) in [6.45, 7) is 2.09. The van der Waals surface area contributed by atoms with Gasteiger partial charge in [-0.1, -0.05) is 12.1 Å². The highest BCUT2D eigenvalue weighted by molar-refractivity contribution is 6.13. The number of carbonyl (C=O) groups is 2. The molecule has 6 heteroatoms. The van der Waals surface area contributed by atoms with Crippen LogP contribution >= 0.6 is 0 Å². The second kappa shape index (κ2) is 5.60. The van der Waals surface area contributed by atoms with Gasteiger partial charge >= 0.3 is 5.97 Å². The second-order valence-electron chi connectivity index (χ2n) is 4.02. The van der Waals surface area contributed by atoms with E-state index in [0.29, 0.717) is 0 Å². The van der Waals surface area contributed by atoms with E-state index in [-0.39, 0.29) is 19.0 Å². The number of hydrazone groups is 1. The van der Waals surface area contributed by atoms with Crippen molar-refractivity contribution in [2.24, 2.45) is 11.0 Å². The first-order chi connectivity index (χ1) is 9.11. The average Bonchev–Trinajstić information content (AvgIpc) is 2.74. The maximum absolute atomic E-state index is 12.8. The van der Waals surface area contributed by atoms with Crippen molar-refractivity contribution >= 4 is 18.1 Å². The van der Waals surface area contributed by atoms with Crippen molar-refractivity contribution in [3.63, 3.8) is 0 Å². The maximum atomic E-state index is 12.8. The molecular formula is C13H13FN2O3. The number of benzene rings is 1. The van der Waals surface area contributed by atoms with Crippen LogP contribution in [0.5, 0.6) is 0 Å². The van der Waals surface area contributed by atoms with Gasteiger partial charge in [0.15, 0.2) is 5.92 Å². The normalized spacial score (nSPS) is 17.9. The average molecular weight is 264 g/mol. The van der Waals surface area contributed by atoms with Gasteiger partial charge in [0.1, 0.15) is 5.82 Å². The first-order valence-corrected chi connectivity index (χ1v) is 5.88. The van der Waals surface area contributed by atoms with Crippen LogP contribution in [0.4, 0.5) is 4.39 Å². The Kier molecular flexibility index (Phi) is 3.89. The molecule has 0 radical (unpaired) electrons. The van der Waals surface area contributed by atoms with E-state index in [9.17, 15) is 14.0 Å². The highest BCUT2D eigenvalue weighted by Gasteiger charge is 2.35. The molecule has 1 aromatic carbocycles. The Labute approximate surface area is 109 Å². The molecule has 0 saturated heterocycles. The van der Waals surface area contributed by atoms with Crippen molar-refractivity contribution in [2.45, 2.75) is 13.5 Å². The summed E-state index contributed by atoms with van der Waals surface area (Å²) in [5, 5.41) is 5.06. The lowest BCUT2D eigenvalue weighted by atomic mass is 10.1. The monoisotopic (exact) mass is 264 g/mol. The summed E-state index contributed by atoms with van der Waals surface area (Å²) in [5.41, 5.74) is 0.733. The lowest BCUT2D eigenvalue weighted by Gasteiger charge is -2.13. The van der Waals surface area contributed by atoms with Crippen LogP contribution < -0.4 is 0 Å². The van der Waals surface area contributed by atoms with Crippen LogP contribution in [-0.2, 0) is 20.9 Å². The SMILES string of the molecule is CCOC(=O)C1C=NN(Cc2ccc(F)cc2)C1=O. The standard InChI is InChI=1S/C13H13FN2O3/c1-2-19-13(18)11-7-15-16(12(11)17)8-9-3-5-10(14)6-4-9/h3-7,11H,2,8H2,1H3. The molecule has 2 rings (SSSR count). The van der Waals surface area contributed by atoms with Gasteiger partial charge in [-0.15, -0.1) is 0 Å². The summed E-state index contributed by atoms with van der Waals surface area (Å²) in [4.78, 5) is 23.4. The summed E-state index contributed by atoms with van der Waals surface area (Å²) >= 11 is 0. The Bertz CT molecular complexity index is 513. The van der Waals surface area contributed by atoms with Crippen molar-refractivity contribution in [1.82, 2.24) is 5.01 Å². The fourth-order valence-electron chi connectivity index (χ4n) is 1.70. The third-order valence-corrected chi connectivity index (χ3v) is 2.66. The minimum Gasteiger partial charge on any atom is -0.465 e. The molecule has 1 heterocycles. The number of nitrogens with zero attached hydrogens (tertiary/aromatic N) is 2. The third kappa shape index (κ3) is 2.96. The van der Waals surface area contributed by atoms with Gasteiger partial charge in [-0.2, -0.15) is 5.10 Å². The number of esters is 1. The van der Waals surface area contributed by atoms with Crippen LogP contribution in [-0.4, -0.2) is 29.7 Å². The van der Waals surface area contributed by atoms with Crippen molar-refractivity contribution in [1.29, 1.82) is 0 Å². The molecule has 0 saturated carbocycles. The van der Waals surface area contributed by atoms with Gasteiger partial charge in [0, 0.05) is 6.21 Å². The molecular weight excluding hydrogens is 251 g/mol. The largest absolute Gasteiger partial charge is 0.465 e. The van der Waals surface area contributed by atoms with E-state index in [1.165, 1.54) is 23.4 Å². The molecule has 0 aliphatic carbocycles. The zero-order valence-electron chi connectivity index (χ0n) is 10.4. The van der Waals surface area contributed by atoms with Crippen LogP contribution in [0.15, 0.2) is 29.4 Å². The summed E-state index contributed by atoms with van der Waals surface area (Å²) in [6.07, 6.45) is 1.27. The number of carbonyl (C=O) groups excluding carboxylic acids is 2. The van der Waals surface area contributed by atoms with E-state index >= 15 is 0 Å². The van der Waals surface area contributed by atoms with Gasteiger partial charge in [-0.25, -0.2) is 9.40 Å². The molecule has 1 unspecified atom stereocenters. The molecule has 1 atom stereocenters. The fourth-order valence-corrected chi connectivity index (χ4v) is 1.70. The number of amides is 1. The van der Waals surface area contributed by atoms with Gasteiger partial charge in [0.2, 0.25) is 0 Å². The third-order valence-electron chi connectivity index (χ3n) is 2.66. The summed E-state index contributed by atoms with van der Waals surface area (Å²) < 4.78 is 17.5. The minimum atomic E-state index is -0.972. The van der Waals surface area contributed by atoms with Crippen LogP contribution in [0.1, 0.15) is 12.5 Å². The van der Waals surface area contributed by atoms with Gasteiger partial charge in [-0.05, 0) is 24.6 Å². The first kappa shape index (κ1) is 13.2. The molecule has 1 aliphatic heterocycles. The predicted octanol–water partition coefficient (Wildman–Crippen LogP) is 1.33. The number of hydrogen-bond donors (Lipinski definition) is 0. The van der Waals surface area contributed by atoms with Crippen molar-refractivity contribution in [3.05, 3.63) is 35.6 Å². The lowest BCUT2D eigenvalue weighted by Crippen LogP contribution is -2.31. The Hall–Kier alpha value is -2.24. The number of rotatable bonds is 4. The molecule has 0 fully saturated rings. The van der Waals surface area contributed by atoms with Crippen molar-refractivity contribution in [3.8, 4) is 0 Å². The second-order valence-corrected chi connectivity index (χ2v) is 4.02. The summed E-state index contributed by atoms with van der Waals surface area (Å²) in [5.74, 6) is -2.34. The van der Waals surface area contributed by atoms with E-state index in [1.54, 1.807) is 19.1 Å². The predicted molar refractivity (Wildman–Crippen MR) is 65.6 cm³/mol. The van der Waals surface area contributed by atoms with E-state index in [0.717, 1.165) is 5.56 Å². The molecule has 5 nitrogen and oxygen atoms in total. The Morgan fingerprint density at radius 3 is 2.74 bits per heavy atom. The van der Waals surface area contributed by atoms with Crippen LogP contribution in [0.2, 0.25) is 0 Å².